The predicted molar refractivity (Wildman–Crippen MR) is 50.2 cm³/mol. The number of methoxy groups -OCH3 is 1. The lowest BCUT2D eigenvalue weighted by Gasteiger charge is -2.21. The molecule has 0 aliphatic heterocycles. The van der Waals surface area contributed by atoms with Gasteiger partial charge in [0.15, 0.2) is 0 Å². The number of hydrogen-bond donors (Lipinski definition) is 0. The van der Waals surface area contributed by atoms with Gasteiger partial charge in [0.1, 0.15) is 0 Å². The Morgan fingerprint density at radius 1 is 1.33 bits per heavy atom. The Morgan fingerprint density at radius 2 is 2.00 bits per heavy atom. The molecule has 74 valence electrons. The first-order chi connectivity index (χ1) is 5.74. The van der Waals surface area contributed by atoms with Crippen LogP contribution in [0.5, 0.6) is 0 Å². The van der Waals surface area contributed by atoms with Gasteiger partial charge in [-0.15, -0.1) is 0 Å². The lowest BCUT2D eigenvalue weighted by atomic mass is 10.3. The van der Waals surface area contributed by atoms with E-state index in [1.807, 2.05) is 14.0 Å². The summed E-state index contributed by atoms with van der Waals surface area (Å²) in [5.74, 6) is 0. The van der Waals surface area contributed by atoms with Crippen molar-refractivity contribution in [3.05, 3.63) is 0 Å². The van der Waals surface area contributed by atoms with Crippen molar-refractivity contribution >= 4 is 0 Å². The highest BCUT2D eigenvalue weighted by molar-refractivity contribution is 4.58. The van der Waals surface area contributed by atoms with Gasteiger partial charge < -0.3 is 9.47 Å². The van der Waals surface area contributed by atoms with E-state index in [-0.39, 0.29) is 0 Å². The van der Waals surface area contributed by atoms with Gasteiger partial charge in [-0.1, -0.05) is 6.92 Å². The number of nitrogens with zero attached hydrogens (tertiary/aromatic N) is 1. The van der Waals surface area contributed by atoms with Crippen molar-refractivity contribution in [1.82, 2.24) is 4.90 Å². The molecule has 3 heteroatoms. The summed E-state index contributed by atoms with van der Waals surface area (Å²) in [6.45, 7) is 6.53. The van der Waals surface area contributed by atoms with Crippen molar-refractivity contribution in [2.75, 3.05) is 34.0 Å². The van der Waals surface area contributed by atoms with E-state index in [4.69, 9.17) is 9.47 Å². The van der Waals surface area contributed by atoms with Gasteiger partial charge in [0.05, 0.1) is 12.8 Å². The molecule has 0 aliphatic carbocycles. The van der Waals surface area contributed by atoms with Crippen molar-refractivity contribution in [2.45, 2.75) is 26.4 Å². The summed E-state index contributed by atoms with van der Waals surface area (Å²) in [5, 5.41) is 0. The van der Waals surface area contributed by atoms with Crippen LogP contribution < -0.4 is 0 Å². The molecular weight excluding hydrogens is 154 g/mol. The summed E-state index contributed by atoms with van der Waals surface area (Å²) in [4.78, 5) is 2.13. The van der Waals surface area contributed by atoms with E-state index < -0.39 is 0 Å². The molecule has 0 bridgehead atoms. The van der Waals surface area contributed by atoms with Gasteiger partial charge in [-0.3, -0.25) is 4.90 Å². The van der Waals surface area contributed by atoms with E-state index in [1.165, 1.54) is 0 Å². The Bertz CT molecular complexity index is 94.5. The minimum atomic E-state index is 0.329. The number of hydrogen-bond acceptors (Lipinski definition) is 3. The van der Waals surface area contributed by atoms with Gasteiger partial charge in [-0.25, -0.2) is 0 Å². The Labute approximate surface area is 75.6 Å². The molecule has 0 radical (unpaired) electrons. The van der Waals surface area contributed by atoms with Crippen LogP contribution in [0, 0.1) is 0 Å². The van der Waals surface area contributed by atoms with Gasteiger partial charge in [0, 0.05) is 20.3 Å². The van der Waals surface area contributed by atoms with Gasteiger partial charge in [-0.2, -0.15) is 0 Å². The normalized spacial score (nSPS) is 13.8. The molecule has 0 unspecified atom stereocenters. The highest BCUT2D eigenvalue weighted by Crippen LogP contribution is 1.98. The summed E-state index contributed by atoms with van der Waals surface area (Å²) in [6.07, 6.45) is 1.38. The summed E-state index contributed by atoms with van der Waals surface area (Å²) < 4.78 is 10.5. The molecule has 12 heavy (non-hydrogen) atoms. The zero-order valence-electron chi connectivity index (χ0n) is 8.67. The first-order valence-corrected chi connectivity index (χ1v) is 4.53. The van der Waals surface area contributed by atoms with Gasteiger partial charge in [0.2, 0.25) is 0 Å². The van der Waals surface area contributed by atoms with Crippen LogP contribution in [-0.4, -0.2) is 45.0 Å². The molecule has 0 rings (SSSR count). The quantitative estimate of drug-likeness (QED) is 0.545. The number of ether oxygens (including phenoxy) is 2. The highest BCUT2D eigenvalue weighted by Gasteiger charge is 2.07. The maximum Gasteiger partial charge on any atom is 0.0988 e. The van der Waals surface area contributed by atoms with Crippen molar-refractivity contribution in [3.63, 3.8) is 0 Å². The molecule has 1 atom stereocenters. The second-order valence-corrected chi connectivity index (χ2v) is 2.93. The summed E-state index contributed by atoms with van der Waals surface area (Å²) in [7, 11) is 3.79. The SMILES string of the molecule is CCOCN(C)C[C@H](CC)OC. The first-order valence-electron chi connectivity index (χ1n) is 4.53. The molecular formula is C9H21NO2. The Balaban J connectivity index is 3.44. The molecule has 0 aromatic rings. The van der Waals surface area contributed by atoms with Crippen LogP contribution in [0.25, 0.3) is 0 Å². The average molecular weight is 175 g/mol. The maximum atomic E-state index is 5.26. The zero-order valence-corrected chi connectivity index (χ0v) is 8.67. The average Bonchev–Trinajstić information content (AvgIpc) is 2.10. The smallest absolute Gasteiger partial charge is 0.0988 e. The van der Waals surface area contributed by atoms with Crippen LogP contribution >= 0.6 is 0 Å². The third kappa shape index (κ3) is 5.52. The third-order valence-electron chi connectivity index (χ3n) is 1.82. The standard InChI is InChI=1S/C9H21NO2/c1-5-9(11-4)7-10(3)8-12-6-2/h9H,5-8H2,1-4H3/t9-/m0/s1. The van der Waals surface area contributed by atoms with E-state index in [1.54, 1.807) is 7.11 Å². The van der Waals surface area contributed by atoms with E-state index in [2.05, 4.69) is 11.8 Å². The van der Waals surface area contributed by atoms with Crippen molar-refractivity contribution in [1.29, 1.82) is 0 Å². The topological polar surface area (TPSA) is 21.7 Å². The molecule has 0 spiro atoms. The second kappa shape index (κ2) is 7.53. The molecule has 0 fully saturated rings. The lowest BCUT2D eigenvalue weighted by molar-refractivity contribution is 0.00831. The summed E-state index contributed by atoms with van der Waals surface area (Å²) in [6, 6.07) is 0. The van der Waals surface area contributed by atoms with Crippen LogP contribution in [0.4, 0.5) is 0 Å². The van der Waals surface area contributed by atoms with E-state index in [9.17, 15) is 0 Å². The van der Waals surface area contributed by atoms with Crippen molar-refractivity contribution in [2.24, 2.45) is 0 Å². The minimum Gasteiger partial charge on any atom is -0.380 e. The fraction of sp³-hybridized carbons (Fsp3) is 1.00. The molecule has 0 amide bonds. The Kier molecular flexibility index (Phi) is 7.45. The minimum absolute atomic E-state index is 0.329. The lowest BCUT2D eigenvalue weighted by Crippen LogP contribution is -2.31. The van der Waals surface area contributed by atoms with Crippen LogP contribution in [0.15, 0.2) is 0 Å². The van der Waals surface area contributed by atoms with Crippen LogP contribution in [0.3, 0.4) is 0 Å². The molecule has 0 saturated carbocycles. The van der Waals surface area contributed by atoms with E-state index in [0.717, 1.165) is 19.6 Å². The molecule has 0 aliphatic rings. The zero-order chi connectivity index (χ0) is 9.40. The van der Waals surface area contributed by atoms with Gasteiger partial charge in [0.25, 0.3) is 0 Å². The van der Waals surface area contributed by atoms with Gasteiger partial charge in [-0.05, 0) is 20.4 Å². The number of rotatable bonds is 7. The Morgan fingerprint density at radius 3 is 2.42 bits per heavy atom. The van der Waals surface area contributed by atoms with E-state index in [0.29, 0.717) is 12.8 Å². The van der Waals surface area contributed by atoms with Crippen LogP contribution in [0.1, 0.15) is 20.3 Å². The fourth-order valence-corrected chi connectivity index (χ4v) is 1.02. The molecule has 0 heterocycles. The van der Waals surface area contributed by atoms with Crippen molar-refractivity contribution in [3.8, 4) is 0 Å². The van der Waals surface area contributed by atoms with Crippen molar-refractivity contribution < 1.29 is 9.47 Å². The summed E-state index contributed by atoms with van der Waals surface area (Å²) >= 11 is 0. The van der Waals surface area contributed by atoms with Crippen LogP contribution in [0.2, 0.25) is 0 Å². The third-order valence-corrected chi connectivity index (χ3v) is 1.82. The van der Waals surface area contributed by atoms with Gasteiger partial charge >= 0.3 is 0 Å². The Hall–Kier alpha value is -0.120. The predicted octanol–water partition coefficient (Wildman–Crippen LogP) is 1.34. The molecule has 0 aromatic carbocycles. The monoisotopic (exact) mass is 175 g/mol. The second-order valence-electron chi connectivity index (χ2n) is 2.93. The first kappa shape index (κ1) is 11.9. The van der Waals surface area contributed by atoms with E-state index >= 15 is 0 Å². The molecule has 0 N–H and O–H groups in total. The fourth-order valence-electron chi connectivity index (χ4n) is 1.02. The highest BCUT2D eigenvalue weighted by atomic mass is 16.5. The molecule has 3 nitrogen and oxygen atoms in total. The van der Waals surface area contributed by atoms with Crippen LogP contribution in [-0.2, 0) is 9.47 Å². The molecule has 0 aromatic heterocycles. The molecule has 0 saturated heterocycles. The maximum absolute atomic E-state index is 5.26. The summed E-state index contributed by atoms with van der Waals surface area (Å²) in [5.41, 5.74) is 0. The number of likely N-dealkylation sites (N-methyl/N-ethyl adjacent to an activating group) is 1. The largest absolute Gasteiger partial charge is 0.380 e.